The summed E-state index contributed by atoms with van der Waals surface area (Å²) in [7, 11) is 0. The SMILES string of the molecule is C[C@@H]1CCc2ncnc(N3CCN(C(=O)C(c4ccc(F)cc4)[C@@H]4CCC(C)(C)N4)CC3)c21. The van der Waals surface area contributed by atoms with Crippen LogP contribution in [0.3, 0.4) is 0 Å². The largest absolute Gasteiger partial charge is 0.353 e. The maximum Gasteiger partial charge on any atom is 0.231 e. The number of halogens is 1. The van der Waals surface area contributed by atoms with Crippen LogP contribution in [-0.2, 0) is 11.2 Å². The summed E-state index contributed by atoms with van der Waals surface area (Å²) >= 11 is 0. The van der Waals surface area contributed by atoms with Gasteiger partial charge in [0.25, 0.3) is 0 Å². The number of amides is 1. The van der Waals surface area contributed by atoms with E-state index in [1.165, 1.54) is 23.4 Å². The van der Waals surface area contributed by atoms with Gasteiger partial charge in [0.1, 0.15) is 18.0 Å². The molecule has 0 radical (unpaired) electrons. The van der Waals surface area contributed by atoms with Gasteiger partial charge in [-0.15, -0.1) is 0 Å². The molecule has 6 nitrogen and oxygen atoms in total. The zero-order valence-electron chi connectivity index (χ0n) is 19.9. The van der Waals surface area contributed by atoms with E-state index < -0.39 is 0 Å². The molecule has 1 N–H and O–H groups in total. The third-order valence-electron chi connectivity index (χ3n) is 7.70. The second-order valence-electron chi connectivity index (χ2n) is 10.5. The number of benzene rings is 1. The zero-order chi connectivity index (χ0) is 23.2. The van der Waals surface area contributed by atoms with Crippen molar-refractivity contribution in [3.05, 3.63) is 53.2 Å². The normalized spacial score (nSPS) is 25.2. The number of aryl methyl sites for hydroxylation is 1. The molecule has 1 aliphatic carbocycles. The van der Waals surface area contributed by atoms with Crippen LogP contribution in [0.25, 0.3) is 0 Å². The Hall–Kier alpha value is -2.54. The van der Waals surface area contributed by atoms with Crippen molar-refractivity contribution in [1.82, 2.24) is 20.2 Å². The van der Waals surface area contributed by atoms with Crippen LogP contribution < -0.4 is 10.2 Å². The lowest BCUT2D eigenvalue weighted by atomic mass is 9.88. The number of piperazine rings is 1. The van der Waals surface area contributed by atoms with E-state index in [1.807, 2.05) is 4.90 Å². The van der Waals surface area contributed by atoms with Crippen LogP contribution in [-0.4, -0.2) is 58.5 Å². The summed E-state index contributed by atoms with van der Waals surface area (Å²) in [6.45, 7) is 9.48. The highest BCUT2D eigenvalue weighted by molar-refractivity contribution is 5.85. The molecule has 0 saturated carbocycles. The van der Waals surface area contributed by atoms with E-state index in [9.17, 15) is 9.18 Å². The van der Waals surface area contributed by atoms with Crippen molar-refractivity contribution in [2.75, 3.05) is 31.1 Å². The highest BCUT2D eigenvalue weighted by atomic mass is 19.1. The van der Waals surface area contributed by atoms with Crippen molar-refractivity contribution in [3.8, 4) is 0 Å². The predicted molar refractivity (Wildman–Crippen MR) is 127 cm³/mol. The van der Waals surface area contributed by atoms with Crippen molar-refractivity contribution in [2.45, 2.75) is 69.9 Å². The number of nitrogens with zero attached hydrogens (tertiary/aromatic N) is 4. The van der Waals surface area contributed by atoms with Crippen LogP contribution in [0.2, 0.25) is 0 Å². The Labute approximate surface area is 195 Å². The van der Waals surface area contributed by atoms with Crippen LogP contribution >= 0.6 is 0 Å². The lowest BCUT2D eigenvalue weighted by Gasteiger charge is -2.39. The van der Waals surface area contributed by atoms with Gasteiger partial charge < -0.3 is 15.1 Å². The fraction of sp³-hybridized carbons (Fsp3) is 0.577. The Morgan fingerprint density at radius 1 is 1.12 bits per heavy atom. The molecule has 1 amide bonds. The summed E-state index contributed by atoms with van der Waals surface area (Å²) in [5.74, 6) is 1.09. The van der Waals surface area contributed by atoms with Gasteiger partial charge in [0.2, 0.25) is 5.91 Å². The third kappa shape index (κ3) is 4.35. The van der Waals surface area contributed by atoms with Crippen molar-refractivity contribution in [1.29, 1.82) is 0 Å². The van der Waals surface area contributed by atoms with E-state index in [0.29, 0.717) is 19.0 Å². The van der Waals surface area contributed by atoms with E-state index in [1.54, 1.807) is 18.5 Å². The topological polar surface area (TPSA) is 61.4 Å². The Bertz CT molecular complexity index is 1020. The molecule has 7 heteroatoms. The molecule has 5 rings (SSSR count). The highest BCUT2D eigenvalue weighted by Crippen LogP contribution is 2.38. The lowest BCUT2D eigenvalue weighted by Crippen LogP contribution is -2.53. The van der Waals surface area contributed by atoms with E-state index in [2.05, 4.69) is 41.0 Å². The Morgan fingerprint density at radius 3 is 2.52 bits per heavy atom. The number of fused-ring (bicyclic) bond motifs is 1. The third-order valence-corrected chi connectivity index (χ3v) is 7.70. The number of hydrogen-bond acceptors (Lipinski definition) is 5. The summed E-state index contributed by atoms with van der Waals surface area (Å²) in [5.41, 5.74) is 3.36. The van der Waals surface area contributed by atoms with Crippen LogP contribution in [0.15, 0.2) is 30.6 Å². The second kappa shape index (κ2) is 8.67. The molecule has 33 heavy (non-hydrogen) atoms. The van der Waals surface area contributed by atoms with Crippen LogP contribution in [0.4, 0.5) is 10.2 Å². The van der Waals surface area contributed by atoms with Gasteiger partial charge in [-0.05, 0) is 63.1 Å². The summed E-state index contributed by atoms with van der Waals surface area (Å²) in [5, 5.41) is 3.66. The molecule has 0 bridgehead atoms. The average Bonchev–Trinajstić information content (AvgIpc) is 3.37. The average molecular weight is 452 g/mol. The number of aromatic nitrogens is 2. The smallest absolute Gasteiger partial charge is 0.231 e. The molecule has 1 aromatic heterocycles. The summed E-state index contributed by atoms with van der Waals surface area (Å²) < 4.78 is 13.6. The van der Waals surface area contributed by atoms with E-state index in [0.717, 1.165) is 50.2 Å². The van der Waals surface area contributed by atoms with Gasteiger partial charge in [0.05, 0.1) is 5.92 Å². The van der Waals surface area contributed by atoms with Crippen molar-refractivity contribution in [2.24, 2.45) is 0 Å². The molecule has 2 aromatic rings. The minimum absolute atomic E-state index is 0.00596. The van der Waals surface area contributed by atoms with Crippen LogP contribution in [0.5, 0.6) is 0 Å². The first-order valence-electron chi connectivity index (χ1n) is 12.2. The predicted octanol–water partition coefficient (Wildman–Crippen LogP) is 3.63. The Morgan fingerprint density at radius 2 is 1.85 bits per heavy atom. The molecule has 3 heterocycles. The van der Waals surface area contributed by atoms with Gasteiger partial charge in [0.15, 0.2) is 0 Å². The molecule has 2 saturated heterocycles. The van der Waals surface area contributed by atoms with Gasteiger partial charge in [-0.3, -0.25) is 4.79 Å². The molecular formula is C26H34FN5O. The van der Waals surface area contributed by atoms with Gasteiger partial charge in [-0.25, -0.2) is 14.4 Å². The first-order valence-corrected chi connectivity index (χ1v) is 12.2. The molecular weight excluding hydrogens is 417 g/mol. The minimum Gasteiger partial charge on any atom is -0.353 e. The first kappa shape index (κ1) is 22.3. The van der Waals surface area contributed by atoms with Crippen LogP contribution in [0.1, 0.15) is 68.7 Å². The first-order chi connectivity index (χ1) is 15.8. The number of carbonyl (C=O) groups is 1. The summed E-state index contributed by atoms with van der Waals surface area (Å²) in [6.07, 6.45) is 5.79. The fourth-order valence-electron chi connectivity index (χ4n) is 5.84. The molecule has 2 fully saturated rings. The van der Waals surface area contributed by atoms with Gasteiger partial charge in [-0.2, -0.15) is 0 Å². The molecule has 1 aromatic carbocycles. The molecule has 3 atom stereocenters. The van der Waals surface area contributed by atoms with Gasteiger partial charge in [0, 0.05) is 49.0 Å². The number of anilines is 1. The molecule has 176 valence electrons. The van der Waals surface area contributed by atoms with Crippen LogP contribution in [0, 0.1) is 5.82 Å². The van der Waals surface area contributed by atoms with Crippen molar-refractivity contribution in [3.63, 3.8) is 0 Å². The van der Waals surface area contributed by atoms with Crippen molar-refractivity contribution >= 4 is 11.7 Å². The number of nitrogens with one attached hydrogen (secondary N) is 1. The Balaban J connectivity index is 1.33. The Kier molecular flexibility index (Phi) is 5.85. The summed E-state index contributed by atoms with van der Waals surface area (Å²) in [6, 6.07) is 6.52. The minimum atomic E-state index is -0.303. The standard InChI is InChI=1S/C26H34FN5O/c1-17-4-9-20-22(17)24(29-16-28-20)31-12-14-32(15-13-31)25(33)23(18-5-7-19(27)8-6-18)21-10-11-26(2,3)30-21/h5-8,16-17,21,23,30H,4,9-15H2,1-3H3/t17-,21+,23?/m1/s1. The quantitative estimate of drug-likeness (QED) is 0.769. The molecule has 0 spiro atoms. The summed E-state index contributed by atoms with van der Waals surface area (Å²) in [4.78, 5) is 27.2. The monoisotopic (exact) mass is 451 g/mol. The van der Waals surface area contributed by atoms with E-state index in [4.69, 9.17) is 0 Å². The fourth-order valence-corrected chi connectivity index (χ4v) is 5.84. The maximum atomic E-state index is 13.8. The number of hydrogen-bond donors (Lipinski definition) is 1. The molecule has 3 aliphatic rings. The number of rotatable bonds is 4. The maximum absolute atomic E-state index is 13.8. The lowest BCUT2D eigenvalue weighted by molar-refractivity contribution is -0.133. The zero-order valence-corrected chi connectivity index (χ0v) is 19.9. The molecule has 2 aliphatic heterocycles. The number of carbonyl (C=O) groups excluding carboxylic acids is 1. The van der Waals surface area contributed by atoms with E-state index in [-0.39, 0.29) is 29.2 Å². The van der Waals surface area contributed by atoms with Crippen molar-refractivity contribution < 1.29 is 9.18 Å². The van der Waals surface area contributed by atoms with Gasteiger partial charge in [-0.1, -0.05) is 19.1 Å². The highest BCUT2D eigenvalue weighted by Gasteiger charge is 2.41. The molecule has 1 unspecified atom stereocenters. The second-order valence-corrected chi connectivity index (χ2v) is 10.5. The van der Waals surface area contributed by atoms with E-state index >= 15 is 0 Å². The van der Waals surface area contributed by atoms with Gasteiger partial charge >= 0.3 is 0 Å².